The lowest BCUT2D eigenvalue weighted by molar-refractivity contribution is -0.131. The Morgan fingerprint density at radius 1 is 1.37 bits per heavy atom. The molecule has 1 saturated heterocycles. The van der Waals surface area contributed by atoms with E-state index < -0.39 is 0 Å². The Balaban J connectivity index is 1.63. The maximum absolute atomic E-state index is 11.8. The van der Waals surface area contributed by atoms with E-state index in [4.69, 9.17) is 5.73 Å². The highest BCUT2D eigenvalue weighted by Gasteiger charge is 2.31. The van der Waals surface area contributed by atoms with E-state index in [9.17, 15) is 10.1 Å². The highest BCUT2D eigenvalue weighted by molar-refractivity contribution is 6.04. The Hall–Kier alpha value is -4.05. The van der Waals surface area contributed by atoms with Gasteiger partial charge >= 0.3 is 0 Å². The molecular formula is C23H20N6O. The summed E-state index contributed by atoms with van der Waals surface area (Å²) in [4.78, 5) is 13.5. The van der Waals surface area contributed by atoms with Crippen molar-refractivity contribution in [3.63, 3.8) is 0 Å². The van der Waals surface area contributed by atoms with Gasteiger partial charge in [0.05, 0.1) is 22.5 Å². The van der Waals surface area contributed by atoms with Gasteiger partial charge in [0.1, 0.15) is 6.07 Å². The molecule has 7 nitrogen and oxygen atoms in total. The Morgan fingerprint density at radius 2 is 2.17 bits per heavy atom. The number of aromatic amines is 1. The van der Waals surface area contributed by atoms with Crippen molar-refractivity contribution in [1.29, 1.82) is 5.26 Å². The van der Waals surface area contributed by atoms with Crippen molar-refractivity contribution in [3.8, 4) is 17.2 Å². The normalized spacial score (nSPS) is 14.1. The lowest BCUT2D eigenvalue weighted by Gasteiger charge is -2.39. The zero-order chi connectivity index (χ0) is 21.0. The predicted molar refractivity (Wildman–Crippen MR) is 117 cm³/mol. The van der Waals surface area contributed by atoms with Crippen LogP contribution in [0.15, 0.2) is 49.2 Å². The van der Waals surface area contributed by atoms with Crippen LogP contribution in [0, 0.1) is 18.3 Å². The van der Waals surface area contributed by atoms with Crippen LogP contribution in [0.25, 0.3) is 32.9 Å². The summed E-state index contributed by atoms with van der Waals surface area (Å²) in [5, 5.41) is 18.6. The van der Waals surface area contributed by atoms with Gasteiger partial charge in [-0.1, -0.05) is 18.7 Å². The average Bonchev–Trinajstić information content (AvgIpc) is 3.27. The third-order valence-electron chi connectivity index (χ3n) is 5.95. The number of nitrogens with one attached hydrogen (secondary N) is 1. The number of H-pyrrole nitrogens is 1. The van der Waals surface area contributed by atoms with Crippen molar-refractivity contribution in [1.82, 2.24) is 19.7 Å². The zero-order valence-corrected chi connectivity index (χ0v) is 16.5. The number of anilines is 1. The Labute approximate surface area is 173 Å². The molecular weight excluding hydrogens is 376 g/mol. The van der Waals surface area contributed by atoms with E-state index in [-0.39, 0.29) is 11.9 Å². The number of nitriles is 1. The number of nitrogens with zero attached hydrogens (tertiary/aromatic N) is 4. The number of hydrogen-bond acceptors (Lipinski definition) is 4. The number of nitrogens with two attached hydrogens (primary N) is 1. The van der Waals surface area contributed by atoms with Crippen molar-refractivity contribution < 1.29 is 4.79 Å². The van der Waals surface area contributed by atoms with E-state index >= 15 is 0 Å². The molecule has 5 rings (SSSR count). The van der Waals surface area contributed by atoms with E-state index in [2.05, 4.69) is 33.5 Å². The predicted octanol–water partition coefficient (Wildman–Crippen LogP) is 3.52. The second-order valence-electron chi connectivity index (χ2n) is 7.68. The van der Waals surface area contributed by atoms with Gasteiger partial charge in [-0.15, -0.1) is 0 Å². The number of hydrogen-bond donors (Lipinski definition) is 2. The summed E-state index contributed by atoms with van der Waals surface area (Å²) in [6.07, 6.45) is 3.22. The molecule has 1 amide bonds. The van der Waals surface area contributed by atoms with Crippen LogP contribution in [0.2, 0.25) is 0 Å². The topological polar surface area (TPSA) is 104 Å². The first-order chi connectivity index (χ1) is 14.5. The van der Waals surface area contributed by atoms with Crippen molar-refractivity contribution in [2.75, 3.05) is 18.8 Å². The largest absolute Gasteiger partial charge is 0.382 e. The minimum atomic E-state index is -0.0632. The number of fused-ring (bicyclic) bond motifs is 2. The summed E-state index contributed by atoms with van der Waals surface area (Å²) in [5.41, 5.74) is 11.7. The number of carbonyl (C=O) groups is 1. The fraction of sp³-hybridized carbons (Fsp3) is 0.174. The van der Waals surface area contributed by atoms with Gasteiger partial charge in [0.25, 0.3) is 0 Å². The SMILES string of the molecule is C=CC(=O)N1CC(n2cc(C#N)c3cc(-c4c(C)ccc5[nH]nc(N)c45)ccc32)C1. The van der Waals surface area contributed by atoms with Gasteiger partial charge < -0.3 is 15.2 Å². The van der Waals surface area contributed by atoms with Crippen LogP contribution in [0.1, 0.15) is 17.2 Å². The molecule has 1 aliphatic rings. The number of carbonyl (C=O) groups excluding carboxylic acids is 1. The standard InChI is InChI=1S/C23H20N6O/c1-3-20(30)28-11-16(12-28)29-10-15(9-24)17-8-14(5-7-19(17)29)21-13(2)4-6-18-22(21)23(25)27-26-18/h3-8,10,16H,1,11-12H2,2H3,(H3,25,26,27). The molecule has 1 aliphatic heterocycles. The van der Waals surface area contributed by atoms with Crippen molar-refractivity contribution in [2.45, 2.75) is 13.0 Å². The molecule has 0 spiro atoms. The molecule has 7 heteroatoms. The Morgan fingerprint density at radius 3 is 2.90 bits per heavy atom. The molecule has 2 aromatic carbocycles. The van der Waals surface area contributed by atoms with Crippen LogP contribution in [0.5, 0.6) is 0 Å². The molecule has 0 unspecified atom stereocenters. The smallest absolute Gasteiger partial charge is 0.246 e. The van der Waals surface area contributed by atoms with Crippen LogP contribution in [0.3, 0.4) is 0 Å². The third kappa shape index (κ3) is 2.51. The molecule has 30 heavy (non-hydrogen) atoms. The molecule has 1 fully saturated rings. The van der Waals surface area contributed by atoms with Crippen molar-refractivity contribution in [2.24, 2.45) is 0 Å². The number of aryl methyl sites for hydroxylation is 1. The highest BCUT2D eigenvalue weighted by atomic mass is 16.2. The monoisotopic (exact) mass is 396 g/mol. The molecule has 0 aliphatic carbocycles. The summed E-state index contributed by atoms with van der Waals surface area (Å²) >= 11 is 0. The van der Waals surface area contributed by atoms with Crippen LogP contribution in [-0.2, 0) is 4.79 Å². The highest BCUT2D eigenvalue weighted by Crippen LogP contribution is 2.37. The number of rotatable bonds is 3. The quantitative estimate of drug-likeness (QED) is 0.517. The lowest BCUT2D eigenvalue weighted by atomic mass is 9.95. The first kappa shape index (κ1) is 18.0. The molecule has 0 radical (unpaired) electrons. The molecule has 3 heterocycles. The molecule has 4 aromatic rings. The number of nitrogen functional groups attached to an aromatic ring is 1. The van der Waals surface area contributed by atoms with E-state index in [1.807, 2.05) is 37.4 Å². The first-order valence-corrected chi connectivity index (χ1v) is 9.71. The van der Waals surface area contributed by atoms with Crippen molar-refractivity contribution in [3.05, 3.63) is 60.3 Å². The van der Waals surface area contributed by atoms with E-state index in [0.29, 0.717) is 24.5 Å². The molecule has 0 bridgehead atoms. The van der Waals surface area contributed by atoms with E-state index in [1.165, 1.54) is 6.08 Å². The molecule has 2 aromatic heterocycles. The minimum absolute atomic E-state index is 0.0632. The van der Waals surface area contributed by atoms with Crippen LogP contribution < -0.4 is 5.73 Å². The Bertz CT molecular complexity index is 1380. The van der Waals surface area contributed by atoms with Gasteiger partial charge in [0.15, 0.2) is 5.82 Å². The summed E-state index contributed by atoms with van der Waals surface area (Å²) in [5.74, 6) is 0.398. The Kier molecular flexibility index (Phi) is 3.90. The summed E-state index contributed by atoms with van der Waals surface area (Å²) < 4.78 is 2.10. The number of benzene rings is 2. The maximum atomic E-state index is 11.8. The number of aromatic nitrogens is 3. The second-order valence-corrected chi connectivity index (χ2v) is 7.68. The fourth-order valence-corrected chi connectivity index (χ4v) is 4.36. The fourth-order valence-electron chi connectivity index (χ4n) is 4.36. The van der Waals surface area contributed by atoms with Crippen LogP contribution in [0.4, 0.5) is 5.82 Å². The minimum Gasteiger partial charge on any atom is -0.382 e. The van der Waals surface area contributed by atoms with E-state index in [1.54, 1.807) is 4.90 Å². The van der Waals surface area contributed by atoms with Gasteiger partial charge in [-0.25, -0.2) is 0 Å². The van der Waals surface area contributed by atoms with Gasteiger partial charge in [-0.05, 0) is 47.9 Å². The van der Waals surface area contributed by atoms with Crippen LogP contribution >= 0.6 is 0 Å². The van der Waals surface area contributed by atoms with Crippen LogP contribution in [-0.4, -0.2) is 38.7 Å². The number of likely N-dealkylation sites (tertiary alicyclic amines) is 1. The third-order valence-corrected chi connectivity index (χ3v) is 5.95. The number of amides is 1. The van der Waals surface area contributed by atoms with Gasteiger partial charge in [0, 0.05) is 30.2 Å². The molecule has 148 valence electrons. The maximum Gasteiger partial charge on any atom is 0.246 e. The van der Waals surface area contributed by atoms with Gasteiger partial charge in [0.2, 0.25) is 5.91 Å². The van der Waals surface area contributed by atoms with Gasteiger partial charge in [-0.3, -0.25) is 9.89 Å². The first-order valence-electron chi connectivity index (χ1n) is 9.71. The van der Waals surface area contributed by atoms with Crippen molar-refractivity contribution >= 4 is 33.5 Å². The molecule has 0 atom stereocenters. The van der Waals surface area contributed by atoms with Gasteiger partial charge in [-0.2, -0.15) is 10.4 Å². The molecule has 3 N–H and O–H groups in total. The zero-order valence-electron chi connectivity index (χ0n) is 16.5. The average molecular weight is 396 g/mol. The summed E-state index contributed by atoms with van der Waals surface area (Å²) in [6, 6.07) is 12.6. The summed E-state index contributed by atoms with van der Waals surface area (Å²) in [6.45, 7) is 6.82. The van der Waals surface area contributed by atoms with E-state index in [0.717, 1.165) is 38.5 Å². The summed E-state index contributed by atoms with van der Waals surface area (Å²) in [7, 11) is 0. The second kappa shape index (κ2) is 6.49. The molecule has 0 saturated carbocycles. The lowest BCUT2D eigenvalue weighted by Crippen LogP contribution is -2.49.